The first-order valence-corrected chi connectivity index (χ1v) is 8.31. The Morgan fingerprint density at radius 2 is 2.13 bits per heavy atom. The van der Waals surface area contributed by atoms with Crippen molar-refractivity contribution in [3.05, 3.63) is 53.9 Å². The number of nitrogens with two attached hydrogens (primary N) is 1. The largest absolute Gasteiger partial charge is 0.370 e. The van der Waals surface area contributed by atoms with Crippen LogP contribution in [0.15, 0.2) is 47.7 Å². The van der Waals surface area contributed by atoms with Crippen molar-refractivity contribution in [3.63, 3.8) is 0 Å². The van der Waals surface area contributed by atoms with Crippen LogP contribution < -0.4 is 5.73 Å². The number of hydrogen-bond donors (Lipinski definition) is 1. The number of piperidine rings is 1. The molecule has 5 heteroatoms. The molecule has 23 heavy (non-hydrogen) atoms. The number of guanidine groups is 1. The Morgan fingerprint density at radius 3 is 2.87 bits per heavy atom. The van der Waals surface area contributed by atoms with Crippen LogP contribution in [0.3, 0.4) is 0 Å². The molecule has 1 aliphatic rings. The van der Waals surface area contributed by atoms with E-state index in [0.717, 1.165) is 19.6 Å². The fourth-order valence-corrected chi connectivity index (χ4v) is 3.10. The second-order valence-corrected chi connectivity index (χ2v) is 6.34. The number of rotatable bonds is 4. The Hall–Kier alpha value is -2.30. The van der Waals surface area contributed by atoms with Crippen molar-refractivity contribution in [3.8, 4) is 0 Å². The second-order valence-electron chi connectivity index (χ2n) is 6.34. The normalized spacial score (nSPS) is 19.1. The molecule has 0 aliphatic carbocycles. The van der Waals surface area contributed by atoms with Gasteiger partial charge in [0.1, 0.15) is 0 Å². The first-order chi connectivity index (χ1) is 11.2. The molecule has 1 aromatic heterocycles. The van der Waals surface area contributed by atoms with Gasteiger partial charge in [-0.25, -0.2) is 4.99 Å². The monoisotopic (exact) mass is 311 g/mol. The molecule has 3 rings (SSSR count). The first-order valence-electron chi connectivity index (χ1n) is 8.31. The average Bonchev–Trinajstić information content (AvgIpc) is 3.07. The molecular weight excluding hydrogens is 286 g/mol. The second kappa shape index (κ2) is 7.31. The third kappa shape index (κ3) is 4.12. The van der Waals surface area contributed by atoms with Gasteiger partial charge in [0, 0.05) is 25.5 Å². The maximum Gasteiger partial charge on any atom is 0.191 e. The molecular formula is C18H25N5. The lowest BCUT2D eigenvalue weighted by Gasteiger charge is -2.31. The van der Waals surface area contributed by atoms with E-state index in [-0.39, 0.29) is 0 Å². The lowest BCUT2D eigenvalue weighted by Crippen LogP contribution is -2.43. The summed E-state index contributed by atoms with van der Waals surface area (Å²) in [6, 6.07) is 10.3. The molecule has 2 N–H and O–H groups in total. The minimum Gasteiger partial charge on any atom is -0.370 e. The minimum atomic E-state index is 0.619. The third-order valence-corrected chi connectivity index (χ3v) is 4.40. The van der Waals surface area contributed by atoms with Crippen LogP contribution in [0.1, 0.15) is 30.9 Å². The highest BCUT2D eigenvalue weighted by Crippen LogP contribution is 2.16. The zero-order valence-corrected chi connectivity index (χ0v) is 13.7. The van der Waals surface area contributed by atoms with E-state index < -0.39 is 0 Å². The molecule has 1 aromatic carbocycles. The molecule has 1 saturated heterocycles. The van der Waals surface area contributed by atoms with Gasteiger partial charge >= 0.3 is 0 Å². The van der Waals surface area contributed by atoms with Gasteiger partial charge in [-0.1, -0.05) is 31.2 Å². The first kappa shape index (κ1) is 15.6. The highest BCUT2D eigenvalue weighted by atomic mass is 15.3. The fourth-order valence-electron chi connectivity index (χ4n) is 3.10. The Balaban J connectivity index is 1.68. The number of nitrogens with zero attached hydrogens (tertiary/aromatic N) is 4. The molecule has 0 radical (unpaired) electrons. The van der Waals surface area contributed by atoms with Gasteiger partial charge in [-0.3, -0.25) is 4.68 Å². The van der Waals surface area contributed by atoms with Crippen LogP contribution in [-0.2, 0) is 13.1 Å². The van der Waals surface area contributed by atoms with Crippen LogP contribution in [0.4, 0.5) is 0 Å². The summed E-state index contributed by atoms with van der Waals surface area (Å²) in [4.78, 5) is 6.85. The van der Waals surface area contributed by atoms with Gasteiger partial charge in [0.15, 0.2) is 5.96 Å². The minimum absolute atomic E-state index is 0.619. The van der Waals surface area contributed by atoms with Crippen molar-refractivity contribution in [1.29, 1.82) is 0 Å². The Kier molecular flexibility index (Phi) is 4.95. The predicted molar refractivity (Wildman–Crippen MR) is 93.1 cm³/mol. The van der Waals surface area contributed by atoms with Crippen LogP contribution in [-0.4, -0.2) is 33.7 Å². The molecule has 0 bridgehead atoms. The quantitative estimate of drug-likeness (QED) is 0.697. The molecule has 2 aromatic rings. The Bertz CT molecular complexity index is 647. The summed E-state index contributed by atoms with van der Waals surface area (Å²) in [6.45, 7) is 5.70. The molecule has 0 saturated carbocycles. The Labute approximate surface area is 137 Å². The van der Waals surface area contributed by atoms with E-state index >= 15 is 0 Å². The van der Waals surface area contributed by atoms with Gasteiger partial charge in [0.25, 0.3) is 0 Å². The fraction of sp³-hybridized carbons (Fsp3) is 0.444. The van der Waals surface area contributed by atoms with Crippen LogP contribution >= 0.6 is 0 Å². The Morgan fingerprint density at radius 1 is 1.30 bits per heavy atom. The van der Waals surface area contributed by atoms with Crippen molar-refractivity contribution in [2.45, 2.75) is 32.9 Å². The van der Waals surface area contributed by atoms with Gasteiger partial charge in [-0.15, -0.1) is 0 Å². The van der Waals surface area contributed by atoms with Crippen LogP contribution in [0.25, 0.3) is 0 Å². The van der Waals surface area contributed by atoms with Gasteiger partial charge in [-0.2, -0.15) is 5.10 Å². The number of aliphatic imine (C=N–C) groups is 1. The highest BCUT2D eigenvalue weighted by molar-refractivity contribution is 5.78. The average molecular weight is 311 g/mol. The molecule has 0 spiro atoms. The van der Waals surface area contributed by atoms with E-state index in [4.69, 9.17) is 5.73 Å². The summed E-state index contributed by atoms with van der Waals surface area (Å²) in [6.07, 6.45) is 6.27. The number of likely N-dealkylation sites (tertiary alicyclic amines) is 1. The van der Waals surface area contributed by atoms with Crippen LogP contribution in [0, 0.1) is 5.92 Å². The zero-order valence-electron chi connectivity index (χ0n) is 13.7. The lowest BCUT2D eigenvalue weighted by atomic mass is 10.0. The summed E-state index contributed by atoms with van der Waals surface area (Å²) >= 11 is 0. The molecule has 1 unspecified atom stereocenters. The van der Waals surface area contributed by atoms with E-state index in [9.17, 15) is 0 Å². The molecule has 1 fully saturated rings. The maximum absolute atomic E-state index is 6.20. The molecule has 5 nitrogen and oxygen atoms in total. The van der Waals surface area contributed by atoms with Crippen molar-refractivity contribution >= 4 is 5.96 Å². The SMILES string of the molecule is CC1CCCN(C(N)=NCc2ccccc2Cn2cccn2)C1. The number of hydrogen-bond acceptors (Lipinski definition) is 2. The summed E-state index contributed by atoms with van der Waals surface area (Å²) in [5.74, 6) is 1.37. The summed E-state index contributed by atoms with van der Waals surface area (Å²) in [5.41, 5.74) is 8.64. The van der Waals surface area contributed by atoms with E-state index in [0.29, 0.717) is 18.4 Å². The van der Waals surface area contributed by atoms with E-state index in [1.807, 2.05) is 16.9 Å². The molecule has 122 valence electrons. The van der Waals surface area contributed by atoms with Crippen LogP contribution in [0.5, 0.6) is 0 Å². The lowest BCUT2D eigenvalue weighted by molar-refractivity contribution is 0.270. The molecule has 2 heterocycles. The van der Waals surface area contributed by atoms with E-state index in [2.05, 4.69) is 46.2 Å². The van der Waals surface area contributed by atoms with Gasteiger partial charge in [0.05, 0.1) is 13.1 Å². The molecule has 1 atom stereocenters. The summed E-state index contributed by atoms with van der Waals surface area (Å²) in [5, 5.41) is 4.28. The van der Waals surface area contributed by atoms with Gasteiger partial charge in [-0.05, 0) is 36.0 Å². The summed E-state index contributed by atoms with van der Waals surface area (Å²) in [7, 11) is 0. The maximum atomic E-state index is 6.20. The third-order valence-electron chi connectivity index (χ3n) is 4.40. The number of aromatic nitrogens is 2. The molecule has 0 amide bonds. The van der Waals surface area contributed by atoms with Crippen molar-refractivity contribution in [1.82, 2.24) is 14.7 Å². The van der Waals surface area contributed by atoms with Crippen molar-refractivity contribution in [2.75, 3.05) is 13.1 Å². The standard InChI is InChI=1S/C18H25N5/c1-15-6-4-10-22(13-15)18(19)20-12-16-7-2-3-8-17(16)14-23-11-5-9-21-23/h2-3,5,7-9,11,15H,4,6,10,12-14H2,1H3,(H2,19,20). The predicted octanol–water partition coefficient (Wildman–Crippen LogP) is 2.48. The van der Waals surface area contributed by atoms with Gasteiger partial charge < -0.3 is 10.6 Å². The van der Waals surface area contributed by atoms with Gasteiger partial charge in [0.2, 0.25) is 0 Å². The topological polar surface area (TPSA) is 59.4 Å². The highest BCUT2D eigenvalue weighted by Gasteiger charge is 2.17. The van der Waals surface area contributed by atoms with E-state index in [1.165, 1.54) is 24.0 Å². The smallest absolute Gasteiger partial charge is 0.191 e. The molecule has 1 aliphatic heterocycles. The van der Waals surface area contributed by atoms with E-state index in [1.54, 1.807) is 6.20 Å². The van der Waals surface area contributed by atoms with Crippen molar-refractivity contribution < 1.29 is 0 Å². The zero-order chi connectivity index (χ0) is 16.1. The summed E-state index contributed by atoms with van der Waals surface area (Å²) < 4.78 is 1.93. The van der Waals surface area contributed by atoms with Crippen LogP contribution in [0.2, 0.25) is 0 Å². The van der Waals surface area contributed by atoms with Crippen molar-refractivity contribution in [2.24, 2.45) is 16.6 Å². The number of benzene rings is 1.